The van der Waals surface area contributed by atoms with Crippen LogP contribution in [0.2, 0.25) is 0 Å². The smallest absolute Gasteiger partial charge is 0.199 e. The number of pyridine rings is 3. The number of aliphatic hydroxyl groups excluding tert-OH is 1. The van der Waals surface area contributed by atoms with Gasteiger partial charge in [-0.25, -0.2) is 4.98 Å². The van der Waals surface area contributed by atoms with E-state index in [1.54, 1.807) is 12.4 Å². The van der Waals surface area contributed by atoms with Crippen LogP contribution in [-0.4, -0.2) is 57.6 Å². The van der Waals surface area contributed by atoms with Gasteiger partial charge in [-0.3, -0.25) is 19.5 Å². The Morgan fingerprint density at radius 3 is 2.75 bits per heavy atom. The predicted molar refractivity (Wildman–Crippen MR) is 145 cm³/mol. The van der Waals surface area contributed by atoms with Crippen LogP contribution in [0.3, 0.4) is 0 Å². The molecule has 1 aliphatic rings. The van der Waals surface area contributed by atoms with Gasteiger partial charge in [0.2, 0.25) is 0 Å². The minimum absolute atomic E-state index is 0.194. The van der Waals surface area contributed by atoms with Crippen LogP contribution in [0.25, 0.3) is 26.1 Å². The average molecular weight is 501 g/mol. The number of para-hydroxylation sites is 1. The monoisotopic (exact) mass is 500 g/mol. The molecular weight excluding hydrogens is 472 g/mol. The van der Waals surface area contributed by atoms with E-state index in [1.807, 2.05) is 52.9 Å². The summed E-state index contributed by atoms with van der Waals surface area (Å²) < 4.78 is 3.08. The molecule has 0 aliphatic carbocycles. The molecule has 9 heteroatoms. The van der Waals surface area contributed by atoms with E-state index in [1.165, 1.54) is 11.3 Å². The molecule has 8 nitrogen and oxygen atoms in total. The molecule has 1 aliphatic heterocycles. The summed E-state index contributed by atoms with van der Waals surface area (Å²) in [5.41, 5.74) is 2.74. The first-order chi connectivity index (χ1) is 17.6. The minimum atomic E-state index is -1.13. The molecule has 1 unspecified atom stereocenters. The molecule has 1 saturated heterocycles. The quantitative estimate of drug-likeness (QED) is 0.358. The summed E-state index contributed by atoms with van der Waals surface area (Å²) in [5, 5.41) is 14.8. The fourth-order valence-electron chi connectivity index (χ4n) is 4.91. The number of benzene rings is 1. The van der Waals surface area contributed by atoms with Gasteiger partial charge in [-0.15, -0.1) is 11.3 Å². The van der Waals surface area contributed by atoms with Gasteiger partial charge in [-0.2, -0.15) is 0 Å². The van der Waals surface area contributed by atoms with Crippen molar-refractivity contribution >= 4 is 43.2 Å². The van der Waals surface area contributed by atoms with Crippen molar-refractivity contribution in [3.63, 3.8) is 0 Å². The molecule has 4 aromatic heterocycles. The van der Waals surface area contributed by atoms with Crippen molar-refractivity contribution < 1.29 is 5.11 Å². The number of nitrogens with zero attached hydrogens (tertiary/aromatic N) is 5. The van der Waals surface area contributed by atoms with Crippen molar-refractivity contribution in [2.45, 2.75) is 19.2 Å². The van der Waals surface area contributed by atoms with Crippen molar-refractivity contribution in [3.8, 4) is 0 Å². The maximum absolute atomic E-state index is 13.8. The second kappa shape index (κ2) is 9.59. The van der Waals surface area contributed by atoms with E-state index < -0.39 is 6.23 Å². The van der Waals surface area contributed by atoms with Gasteiger partial charge >= 0.3 is 0 Å². The molecular formula is C27H28N6O2S. The van der Waals surface area contributed by atoms with Gasteiger partial charge in [0.1, 0.15) is 16.9 Å². The lowest BCUT2D eigenvalue weighted by molar-refractivity contribution is 0.137. The molecule has 5 aromatic rings. The molecule has 0 bridgehead atoms. The zero-order valence-electron chi connectivity index (χ0n) is 20.1. The standard InChI is InChI=1S/C27H28N6O2S/c1-31-13-4-14-32(16-15-31)22-8-7-19-24(34)23(26(35)29-17-18-9-11-28-12-10-18)27-33(25(19)30-22)20-5-2-3-6-21(20)36-27/h2-3,5-12,26,29,35H,4,13-17H2,1H3. The predicted octanol–water partition coefficient (Wildman–Crippen LogP) is 3.38. The molecule has 5 heterocycles. The van der Waals surface area contributed by atoms with Crippen LogP contribution in [-0.2, 0) is 6.54 Å². The van der Waals surface area contributed by atoms with Crippen LogP contribution in [0.5, 0.6) is 0 Å². The summed E-state index contributed by atoms with van der Waals surface area (Å²) in [5.74, 6) is 0.880. The molecule has 0 spiro atoms. The van der Waals surface area contributed by atoms with E-state index in [0.717, 1.165) is 54.2 Å². The first-order valence-corrected chi connectivity index (χ1v) is 13.0. The lowest BCUT2D eigenvalue weighted by Crippen LogP contribution is -2.30. The number of aromatic nitrogens is 3. The summed E-state index contributed by atoms with van der Waals surface area (Å²) >= 11 is 1.51. The Morgan fingerprint density at radius 2 is 1.89 bits per heavy atom. The molecule has 0 saturated carbocycles. The third kappa shape index (κ3) is 4.14. The van der Waals surface area contributed by atoms with Crippen molar-refractivity contribution in [1.82, 2.24) is 24.6 Å². The van der Waals surface area contributed by atoms with Crippen LogP contribution in [0, 0.1) is 0 Å². The number of fused-ring (bicyclic) bond motifs is 5. The van der Waals surface area contributed by atoms with Gasteiger partial charge in [0, 0.05) is 38.6 Å². The number of likely N-dealkylation sites (N-methyl/N-ethyl adjacent to an activating group) is 1. The van der Waals surface area contributed by atoms with E-state index in [9.17, 15) is 9.90 Å². The third-order valence-electron chi connectivity index (χ3n) is 6.87. The van der Waals surface area contributed by atoms with Crippen molar-refractivity contribution in [2.75, 3.05) is 38.1 Å². The van der Waals surface area contributed by atoms with Crippen LogP contribution >= 0.6 is 11.3 Å². The Balaban J connectivity index is 1.50. The van der Waals surface area contributed by atoms with Gasteiger partial charge < -0.3 is 14.9 Å². The van der Waals surface area contributed by atoms with Crippen LogP contribution < -0.4 is 15.6 Å². The molecule has 0 amide bonds. The van der Waals surface area contributed by atoms with E-state index in [4.69, 9.17) is 4.98 Å². The van der Waals surface area contributed by atoms with Gasteiger partial charge in [-0.1, -0.05) is 12.1 Å². The van der Waals surface area contributed by atoms with Crippen molar-refractivity contribution in [1.29, 1.82) is 0 Å². The first kappa shape index (κ1) is 23.1. The van der Waals surface area contributed by atoms with E-state index in [0.29, 0.717) is 28.0 Å². The summed E-state index contributed by atoms with van der Waals surface area (Å²) in [6, 6.07) is 15.6. The number of thiazole rings is 1. The van der Waals surface area contributed by atoms with Crippen molar-refractivity contribution in [2.24, 2.45) is 0 Å². The Kier molecular flexibility index (Phi) is 6.14. The SMILES string of the molecule is CN1CCCN(c2ccc3c(=O)c(C(O)NCc4ccncc4)c4sc5ccccc5n4c3n2)CC1. The normalized spacial score (nSPS) is 16.1. The van der Waals surface area contributed by atoms with Gasteiger partial charge in [0.25, 0.3) is 0 Å². The highest BCUT2D eigenvalue weighted by atomic mass is 32.1. The number of nitrogens with one attached hydrogen (secondary N) is 1. The highest BCUT2D eigenvalue weighted by molar-refractivity contribution is 7.24. The minimum Gasteiger partial charge on any atom is -0.374 e. The van der Waals surface area contributed by atoms with Crippen molar-refractivity contribution in [3.05, 3.63) is 82.3 Å². The lowest BCUT2D eigenvalue weighted by atomic mass is 10.1. The first-order valence-electron chi connectivity index (χ1n) is 12.2. The molecule has 184 valence electrons. The molecule has 1 aromatic carbocycles. The van der Waals surface area contributed by atoms with Gasteiger partial charge in [-0.05, 0) is 62.0 Å². The number of rotatable bonds is 5. The molecule has 6 rings (SSSR count). The summed E-state index contributed by atoms with van der Waals surface area (Å²) in [7, 11) is 2.15. The second-order valence-electron chi connectivity index (χ2n) is 9.28. The summed E-state index contributed by atoms with van der Waals surface area (Å²) in [6.45, 7) is 4.29. The molecule has 36 heavy (non-hydrogen) atoms. The summed E-state index contributed by atoms with van der Waals surface area (Å²) in [4.78, 5) is 28.2. The summed E-state index contributed by atoms with van der Waals surface area (Å²) in [6.07, 6.45) is 3.37. The fourth-order valence-corrected chi connectivity index (χ4v) is 6.12. The average Bonchev–Trinajstić information content (AvgIpc) is 3.15. The maximum atomic E-state index is 13.8. The number of hydrogen-bond donors (Lipinski definition) is 2. The maximum Gasteiger partial charge on any atom is 0.199 e. The van der Waals surface area contributed by atoms with E-state index >= 15 is 0 Å². The lowest BCUT2D eigenvalue weighted by Gasteiger charge is -2.22. The molecule has 1 atom stereocenters. The van der Waals surface area contributed by atoms with Crippen LogP contribution in [0.15, 0.2) is 65.7 Å². The largest absolute Gasteiger partial charge is 0.374 e. The zero-order valence-corrected chi connectivity index (χ0v) is 20.9. The van der Waals surface area contributed by atoms with Gasteiger partial charge in [0.05, 0.1) is 21.2 Å². The van der Waals surface area contributed by atoms with E-state index in [-0.39, 0.29) is 5.43 Å². The van der Waals surface area contributed by atoms with Gasteiger partial charge in [0.15, 0.2) is 11.1 Å². The number of aliphatic hydroxyl groups is 1. The molecule has 2 N–H and O–H groups in total. The number of anilines is 1. The Hall–Kier alpha value is -3.37. The second-order valence-corrected chi connectivity index (χ2v) is 10.3. The van der Waals surface area contributed by atoms with Crippen LogP contribution in [0.4, 0.5) is 5.82 Å². The number of hydrogen-bond acceptors (Lipinski definition) is 8. The highest BCUT2D eigenvalue weighted by Gasteiger charge is 2.23. The molecule has 0 radical (unpaired) electrons. The topological polar surface area (TPSA) is 86.0 Å². The van der Waals surface area contributed by atoms with Crippen LogP contribution in [0.1, 0.15) is 23.8 Å². The van der Waals surface area contributed by atoms with E-state index in [2.05, 4.69) is 27.1 Å². The Labute approximate surface area is 212 Å². The molecule has 1 fully saturated rings. The third-order valence-corrected chi connectivity index (χ3v) is 8.03. The fraction of sp³-hybridized carbons (Fsp3) is 0.296. The zero-order chi connectivity index (χ0) is 24.6. The Morgan fingerprint density at radius 1 is 1.06 bits per heavy atom. The highest BCUT2D eigenvalue weighted by Crippen LogP contribution is 2.33. The Bertz CT molecular complexity index is 1600.